The third-order valence-corrected chi connectivity index (χ3v) is 6.88. The zero-order valence-corrected chi connectivity index (χ0v) is 13.8. The molecule has 0 radical (unpaired) electrons. The number of aliphatic imine (C=N–C) groups is 1. The Hall–Kier alpha value is -0.910. The van der Waals surface area contributed by atoms with E-state index >= 15 is 0 Å². The van der Waals surface area contributed by atoms with Crippen molar-refractivity contribution in [1.29, 1.82) is 0 Å². The molecule has 0 spiro atoms. The summed E-state index contributed by atoms with van der Waals surface area (Å²) in [7, 11) is 0. The summed E-state index contributed by atoms with van der Waals surface area (Å²) >= 11 is 5.55. The summed E-state index contributed by atoms with van der Waals surface area (Å²) in [6.45, 7) is 4.12. The third-order valence-electron chi connectivity index (χ3n) is 3.56. The molecule has 0 unspecified atom stereocenters. The van der Waals surface area contributed by atoms with E-state index in [4.69, 9.17) is 0 Å². The van der Waals surface area contributed by atoms with Crippen molar-refractivity contribution in [3.05, 3.63) is 38.9 Å². The van der Waals surface area contributed by atoms with Gasteiger partial charge in [0.2, 0.25) is 0 Å². The van der Waals surface area contributed by atoms with Gasteiger partial charge in [-0.05, 0) is 36.4 Å². The lowest BCUT2D eigenvalue weighted by Gasteiger charge is -2.17. The molecule has 3 heterocycles. The van der Waals surface area contributed by atoms with Gasteiger partial charge in [0, 0.05) is 21.7 Å². The van der Waals surface area contributed by atoms with Crippen LogP contribution in [0.15, 0.2) is 33.5 Å². The minimum absolute atomic E-state index is 0.924. The second-order valence-corrected chi connectivity index (χ2v) is 8.15. The molecular formula is C15H14N2S3. The van der Waals surface area contributed by atoms with Crippen LogP contribution in [-0.4, -0.2) is 29.4 Å². The Labute approximate surface area is 131 Å². The molecule has 102 valence electrons. The Morgan fingerprint density at radius 2 is 2.25 bits per heavy atom. The first-order valence-corrected chi connectivity index (χ1v) is 9.41. The summed E-state index contributed by atoms with van der Waals surface area (Å²) < 4.78 is 2.78. The first kappa shape index (κ1) is 12.8. The molecule has 4 rings (SSSR count). The quantitative estimate of drug-likeness (QED) is 0.803. The van der Waals surface area contributed by atoms with E-state index in [1.54, 1.807) is 0 Å². The summed E-state index contributed by atoms with van der Waals surface area (Å²) in [5.74, 6) is 0. The van der Waals surface area contributed by atoms with Gasteiger partial charge in [0.25, 0.3) is 0 Å². The van der Waals surface area contributed by atoms with Crippen LogP contribution in [0, 0.1) is 6.92 Å². The van der Waals surface area contributed by atoms with Gasteiger partial charge >= 0.3 is 0 Å². The smallest absolute Gasteiger partial charge is 0.169 e. The van der Waals surface area contributed by atoms with Crippen LogP contribution in [0.4, 0.5) is 0 Å². The van der Waals surface area contributed by atoms with Gasteiger partial charge in [-0.3, -0.25) is 4.99 Å². The molecule has 1 aromatic heterocycles. The minimum Gasteiger partial charge on any atom is -0.317 e. The maximum atomic E-state index is 4.61. The maximum Gasteiger partial charge on any atom is 0.169 e. The SMILES string of the molecule is CSC1=C(c2cccc3cc(C)sc23)N2CCN=C2S1. The molecule has 0 aliphatic carbocycles. The van der Waals surface area contributed by atoms with Crippen molar-refractivity contribution in [1.82, 2.24) is 4.90 Å². The lowest BCUT2D eigenvalue weighted by Crippen LogP contribution is -2.19. The topological polar surface area (TPSA) is 15.6 Å². The number of hydrogen-bond acceptors (Lipinski definition) is 5. The Morgan fingerprint density at radius 1 is 1.35 bits per heavy atom. The van der Waals surface area contributed by atoms with Crippen LogP contribution >= 0.6 is 34.9 Å². The molecule has 0 atom stereocenters. The second kappa shape index (κ2) is 4.83. The van der Waals surface area contributed by atoms with Crippen LogP contribution in [0.2, 0.25) is 0 Å². The van der Waals surface area contributed by atoms with Gasteiger partial charge < -0.3 is 4.90 Å². The number of thiophene rings is 1. The zero-order chi connectivity index (χ0) is 13.7. The highest BCUT2D eigenvalue weighted by molar-refractivity contribution is 8.30. The molecule has 2 aromatic rings. The monoisotopic (exact) mass is 318 g/mol. The third kappa shape index (κ3) is 1.84. The molecule has 0 fully saturated rings. The number of nitrogens with zero attached hydrogens (tertiary/aromatic N) is 2. The fraction of sp³-hybridized carbons (Fsp3) is 0.267. The number of benzene rings is 1. The summed E-state index contributed by atoms with van der Waals surface area (Å²) in [4.78, 5) is 8.37. The van der Waals surface area contributed by atoms with Crippen molar-refractivity contribution in [2.24, 2.45) is 4.99 Å². The highest BCUT2D eigenvalue weighted by atomic mass is 32.2. The van der Waals surface area contributed by atoms with Crippen molar-refractivity contribution in [2.45, 2.75) is 6.92 Å². The fourth-order valence-corrected chi connectivity index (χ4v) is 5.66. The molecule has 2 nitrogen and oxygen atoms in total. The Balaban J connectivity index is 1.95. The number of rotatable bonds is 2. The fourth-order valence-electron chi connectivity index (χ4n) is 2.73. The predicted molar refractivity (Wildman–Crippen MR) is 93.6 cm³/mol. The average Bonchev–Trinajstić information content (AvgIpc) is 3.09. The summed E-state index contributed by atoms with van der Waals surface area (Å²) in [5, 5.41) is 2.53. The highest BCUT2D eigenvalue weighted by Crippen LogP contribution is 2.48. The molecule has 2 aliphatic heterocycles. The largest absolute Gasteiger partial charge is 0.317 e. The van der Waals surface area contributed by atoms with Crippen LogP contribution in [0.3, 0.4) is 0 Å². The highest BCUT2D eigenvalue weighted by Gasteiger charge is 2.33. The van der Waals surface area contributed by atoms with E-state index in [1.165, 1.54) is 35.6 Å². The number of thioether (sulfide) groups is 2. The summed E-state index contributed by atoms with van der Waals surface area (Å²) in [5.41, 5.74) is 2.73. The lowest BCUT2D eigenvalue weighted by atomic mass is 10.1. The Bertz CT molecular complexity index is 758. The van der Waals surface area contributed by atoms with Crippen LogP contribution in [0.1, 0.15) is 10.4 Å². The van der Waals surface area contributed by atoms with Gasteiger partial charge in [0.15, 0.2) is 5.17 Å². The van der Waals surface area contributed by atoms with E-state index in [9.17, 15) is 0 Å². The summed E-state index contributed by atoms with van der Waals surface area (Å²) in [6.07, 6.45) is 2.16. The lowest BCUT2D eigenvalue weighted by molar-refractivity contribution is 0.650. The van der Waals surface area contributed by atoms with Gasteiger partial charge in [-0.25, -0.2) is 0 Å². The number of fused-ring (bicyclic) bond motifs is 2. The molecule has 1 aromatic carbocycles. The van der Waals surface area contributed by atoms with Crippen LogP contribution in [0.25, 0.3) is 15.8 Å². The van der Waals surface area contributed by atoms with E-state index < -0.39 is 0 Å². The predicted octanol–water partition coefficient (Wildman–Crippen LogP) is 4.62. The van der Waals surface area contributed by atoms with E-state index in [0.29, 0.717) is 0 Å². The second-order valence-electron chi connectivity index (χ2n) is 4.84. The van der Waals surface area contributed by atoms with Crippen molar-refractivity contribution < 1.29 is 0 Å². The van der Waals surface area contributed by atoms with Crippen molar-refractivity contribution in [2.75, 3.05) is 19.3 Å². The molecule has 0 saturated carbocycles. The molecule has 0 N–H and O–H groups in total. The molecule has 0 saturated heterocycles. The first-order chi connectivity index (χ1) is 9.78. The number of aryl methyl sites for hydroxylation is 1. The number of hydrogen-bond donors (Lipinski definition) is 0. The molecule has 20 heavy (non-hydrogen) atoms. The standard InChI is InChI=1S/C15H14N2S3/c1-9-8-10-4-3-5-11(13(10)19-9)12-14(18-2)20-15-16-6-7-17(12)15/h3-5,8H,6-7H2,1-2H3. The van der Waals surface area contributed by atoms with Crippen LogP contribution in [0.5, 0.6) is 0 Å². The van der Waals surface area contributed by atoms with E-state index in [1.807, 2.05) is 34.9 Å². The molecular weight excluding hydrogens is 304 g/mol. The number of amidine groups is 1. The normalized spacial score (nSPS) is 18.1. The van der Waals surface area contributed by atoms with Gasteiger partial charge in [0.05, 0.1) is 16.5 Å². The van der Waals surface area contributed by atoms with E-state index in [-0.39, 0.29) is 0 Å². The van der Waals surface area contributed by atoms with Gasteiger partial charge in [-0.1, -0.05) is 18.2 Å². The molecule has 0 bridgehead atoms. The molecule has 5 heteroatoms. The zero-order valence-electron chi connectivity index (χ0n) is 11.3. The van der Waals surface area contributed by atoms with Gasteiger partial charge in [-0.15, -0.1) is 23.1 Å². The van der Waals surface area contributed by atoms with Crippen molar-refractivity contribution >= 4 is 55.8 Å². The van der Waals surface area contributed by atoms with Gasteiger partial charge in [0.1, 0.15) is 0 Å². The van der Waals surface area contributed by atoms with E-state index in [0.717, 1.165) is 13.1 Å². The van der Waals surface area contributed by atoms with E-state index in [2.05, 4.69) is 47.3 Å². The first-order valence-electron chi connectivity index (χ1n) is 6.55. The maximum absolute atomic E-state index is 4.61. The van der Waals surface area contributed by atoms with Crippen LogP contribution < -0.4 is 0 Å². The minimum atomic E-state index is 0.924. The van der Waals surface area contributed by atoms with Crippen molar-refractivity contribution in [3.63, 3.8) is 0 Å². The average molecular weight is 318 g/mol. The Kier molecular flexibility index (Phi) is 3.09. The Morgan fingerprint density at radius 3 is 3.10 bits per heavy atom. The molecule has 0 amide bonds. The van der Waals surface area contributed by atoms with Gasteiger partial charge in [-0.2, -0.15) is 0 Å². The van der Waals surface area contributed by atoms with Crippen LogP contribution in [-0.2, 0) is 0 Å². The van der Waals surface area contributed by atoms with Crippen molar-refractivity contribution in [3.8, 4) is 0 Å². The molecule has 2 aliphatic rings. The summed E-state index contributed by atoms with van der Waals surface area (Å²) in [6, 6.07) is 8.92.